The van der Waals surface area contributed by atoms with E-state index in [9.17, 15) is 9.59 Å². The molecule has 2 aromatic rings. The molecule has 2 fully saturated rings. The normalized spacial score (nSPS) is 26.5. The van der Waals surface area contributed by atoms with Gasteiger partial charge < -0.3 is 4.90 Å². The Bertz CT molecular complexity index is 831. The molecule has 0 radical (unpaired) electrons. The highest BCUT2D eigenvalue weighted by Gasteiger charge is 2.42. The molecule has 0 bridgehead atoms. The van der Waals surface area contributed by atoms with Crippen molar-refractivity contribution < 1.29 is 4.79 Å². The Hall–Kier alpha value is -2.24. The van der Waals surface area contributed by atoms with Gasteiger partial charge in [0.15, 0.2) is 0 Å². The minimum Gasteiger partial charge on any atom is -0.335 e. The van der Waals surface area contributed by atoms with Crippen molar-refractivity contribution in [3.8, 4) is 0 Å². The highest BCUT2D eigenvalue weighted by molar-refractivity contribution is 5.79. The molecular weight excluding hydrogens is 304 g/mol. The first-order valence-electron chi connectivity index (χ1n) is 8.79. The van der Waals surface area contributed by atoms with Crippen LogP contribution in [0.25, 0.3) is 10.9 Å². The van der Waals surface area contributed by atoms with Crippen molar-refractivity contribution in [2.45, 2.75) is 57.7 Å². The lowest BCUT2D eigenvalue weighted by Gasteiger charge is -2.33. The van der Waals surface area contributed by atoms with Crippen LogP contribution in [0.2, 0.25) is 0 Å². The highest BCUT2D eigenvalue weighted by atomic mass is 16.2. The van der Waals surface area contributed by atoms with Gasteiger partial charge in [0.1, 0.15) is 12.1 Å². The number of nitrogens with zero attached hydrogens (tertiary/aromatic N) is 4. The minimum atomic E-state index is -0.249. The third kappa shape index (κ3) is 2.50. The molecule has 1 aliphatic carbocycles. The summed E-state index contributed by atoms with van der Waals surface area (Å²) in [4.78, 5) is 27.4. The number of rotatable bonds is 2. The molecule has 1 saturated heterocycles. The standard InChI is InChI=1S/C18H22N4O2/c1-12-10-13-6-2-5-9-16(13)22(12)17(23)11-21-18(24)14-7-3-4-8-15(14)19-20-21/h3-4,7-8,12-13,16H,2,5-6,9-11H2,1H3. The number of likely N-dealkylation sites (tertiary alicyclic amines) is 1. The first-order valence-corrected chi connectivity index (χ1v) is 8.79. The maximum Gasteiger partial charge on any atom is 0.278 e. The average molecular weight is 326 g/mol. The summed E-state index contributed by atoms with van der Waals surface area (Å²) >= 11 is 0. The molecule has 2 aliphatic rings. The fourth-order valence-electron chi connectivity index (χ4n) is 4.48. The molecule has 1 amide bonds. The monoisotopic (exact) mass is 326 g/mol. The first-order chi connectivity index (χ1) is 11.6. The van der Waals surface area contributed by atoms with Crippen molar-refractivity contribution in [1.29, 1.82) is 0 Å². The Balaban J connectivity index is 1.60. The van der Waals surface area contributed by atoms with E-state index in [4.69, 9.17) is 0 Å². The van der Waals surface area contributed by atoms with Gasteiger partial charge >= 0.3 is 0 Å². The lowest BCUT2D eigenvalue weighted by molar-refractivity contribution is -0.135. The van der Waals surface area contributed by atoms with Crippen LogP contribution in [-0.4, -0.2) is 37.9 Å². The quantitative estimate of drug-likeness (QED) is 0.846. The van der Waals surface area contributed by atoms with Crippen molar-refractivity contribution in [3.05, 3.63) is 34.6 Å². The van der Waals surface area contributed by atoms with E-state index in [0.717, 1.165) is 12.8 Å². The molecule has 1 saturated carbocycles. The Kier molecular flexibility index (Phi) is 3.82. The summed E-state index contributed by atoms with van der Waals surface area (Å²) in [6, 6.07) is 7.68. The molecule has 0 N–H and O–H groups in total. The number of hydrogen-bond acceptors (Lipinski definition) is 4. The summed E-state index contributed by atoms with van der Waals surface area (Å²) < 4.78 is 1.20. The predicted molar refractivity (Wildman–Crippen MR) is 90.5 cm³/mol. The van der Waals surface area contributed by atoms with Gasteiger partial charge in [-0.1, -0.05) is 30.2 Å². The summed E-state index contributed by atoms with van der Waals surface area (Å²) in [5, 5.41) is 8.52. The van der Waals surface area contributed by atoms with Crippen LogP contribution < -0.4 is 5.56 Å². The topological polar surface area (TPSA) is 68.1 Å². The molecule has 6 nitrogen and oxygen atoms in total. The van der Waals surface area contributed by atoms with Crippen LogP contribution in [0.3, 0.4) is 0 Å². The second-order valence-electron chi connectivity index (χ2n) is 7.07. The van der Waals surface area contributed by atoms with E-state index in [-0.39, 0.29) is 24.1 Å². The van der Waals surface area contributed by atoms with E-state index >= 15 is 0 Å². The Morgan fingerprint density at radius 3 is 2.92 bits per heavy atom. The molecule has 126 valence electrons. The summed E-state index contributed by atoms with van der Waals surface area (Å²) in [5.74, 6) is 0.612. The Morgan fingerprint density at radius 1 is 1.25 bits per heavy atom. The fourth-order valence-corrected chi connectivity index (χ4v) is 4.48. The van der Waals surface area contributed by atoms with Gasteiger partial charge in [-0.05, 0) is 44.2 Å². The lowest BCUT2D eigenvalue weighted by Crippen LogP contribution is -2.45. The van der Waals surface area contributed by atoms with Gasteiger partial charge in [0.25, 0.3) is 5.56 Å². The average Bonchev–Trinajstić information content (AvgIpc) is 2.93. The molecule has 6 heteroatoms. The number of carbonyl (C=O) groups excluding carboxylic acids is 1. The van der Waals surface area contributed by atoms with Crippen molar-refractivity contribution in [1.82, 2.24) is 19.9 Å². The fraction of sp³-hybridized carbons (Fsp3) is 0.556. The van der Waals surface area contributed by atoms with Crippen LogP contribution in [0.15, 0.2) is 29.1 Å². The second-order valence-corrected chi connectivity index (χ2v) is 7.07. The van der Waals surface area contributed by atoms with E-state index in [0.29, 0.717) is 22.9 Å². The number of hydrogen-bond donors (Lipinski definition) is 0. The summed E-state index contributed by atoms with van der Waals surface area (Å²) in [5.41, 5.74) is 0.314. The van der Waals surface area contributed by atoms with Crippen LogP contribution in [0, 0.1) is 5.92 Å². The van der Waals surface area contributed by atoms with Crippen LogP contribution in [0.4, 0.5) is 0 Å². The Morgan fingerprint density at radius 2 is 2.04 bits per heavy atom. The lowest BCUT2D eigenvalue weighted by atomic mass is 9.85. The van der Waals surface area contributed by atoms with Crippen molar-refractivity contribution in [2.75, 3.05) is 0 Å². The largest absolute Gasteiger partial charge is 0.335 e. The molecule has 0 spiro atoms. The predicted octanol–water partition coefficient (Wildman–Crippen LogP) is 1.97. The zero-order valence-electron chi connectivity index (χ0n) is 13.9. The maximum atomic E-state index is 12.9. The van der Waals surface area contributed by atoms with Gasteiger partial charge in [-0.25, -0.2) is 4.68 Å². The summed E-state index contributed by atoms with van der Waals surface area (Å²) in [6.45, 7) is 2.09. The first kappa shape index (κ1) is 15.3. The van der Waals surface area contributed by atoms with Crippen LogP contribution in [0.1, 0.15) is 39.0 Å². The second kappa shape index (κ2) is 6.00. The number of aromatic nitrogens is 3. The van der Waals surface area contributed by atoms with E-state index < -0.39 is 0 Å². The summed E-state index contributed by atoms with van der Waals surface area (Å²) in [7, 11) is 0. The van der Waals surface area contributed by atoms with Gasteiger partial charge in [0.2, 0.25) is 5.91 Å². The van der Waals surface area contributed by atoms with Crippen molar-refractivity contribution in [2.24, 2.45) is 5.92 Å². The number of benzene rings is 1. The van der Waals surface area contributed by atoms with E-state index in [2.05, 4.69) is 17.2 Å². The number of fused-ring (bicyclic) bond motifs is 2. The number of amides is 1. The van der Waals surface area contributed by atoms with E-state index in [1.165, 1.54) is 23.9 Å². The number of carbonyl (C=O) groups is 1. The van der Waals surface area contributed by atoms with Gasteiger partial charge in [-0.2, -0.15) is 0 Å². The molecular formula is C18H22N4O2. The van der Waals surface area contributed by atoms with Gasteiger partial charge in [0.05, 0.1) is 5.39 Å². The van der Waals surface area contributed by atoms with Gasteiger partial charge in [0, 0.05) is 12.1 Å². The third-order valence-corrected chi connectivity index (χ3v) is 5.55. The molecule has 2 heterocycles. The van der Waals surface area contributed by atoms with Crippen molar-refractivity contribution >= 4 is 16.8 Å². The molecule has 3 atom stereocenters. The smallest absolute Gasteiger partial charge is 0.278 e. The molecule has 24 heavy (non-hydrogen) atoms. The maximum absolute atomic E-state index is 12.9. The SMILES string of the molecule is CC1CC2CCCCC2N1C(=O)Cn1nnc2ccccc2c1=O. The van der Waals surface area contributed by atoms with Crippen LogP contribution in [0.5, 0.6) is 0 Å². The van der Waals surface area contributed by atoms with Gasteiger partial charge in [-0.15, -0.1) is 5.10 Å². The van der Waals surface area contributed by atoms with Gasteiger partial charge in [-0.3, -0.25) is 9.59 Å². The third-order valence-electron chi connectivity index (χ3n) is 5.55. The van der Waals surface area contributed by atoms with Crippen LogP contribution in [-0.2, 0) is 11.3 Å². The van der Waals surface area contributed by atoms with Crippen LogP contribution >= 0.6 is 0 Å². The molecule has 1 aliphatic heterocycles. The molecule has 1 aromatic heterocycles. The molecule has 4 rings (SSSR count). The Labute approximate surface area is 140 Å². The highest BCUT2D eigenvalue weighted by Crippen LogP contribution is 2.39. The van der Waals surface area contributed by atoms with Crippen molar-refractivity contribution in [3.63, 3.8) is 0 Å². The van der Waals surface area contributed by atoms with E-state index in [1.54, 1.807) is 18.2 Å². The van der Waals surface area contributed by atoms with E-state index in [1.807, 2.05) is 11.0 Å². The summed E-state index contributed by atoms with van der Waals surface area (Å²) in [6.07, 6.45) is 5.83. The minimum absolute atomic E-state index is 0.0106. The molecule has 3 unspecified atom stereocenters. The zero-order chi connectivity index (χ0) is 16.7. The zero-order valence-corrected chi connectivity index (χ0v) is 13.9. The molecule has 1 aromatic carbocycles.